The Morgan fingerprint density at radius 3 is 2.95 bits per heavy atom. The van der Waals surface area contributed by atoms with Gasteiger partial charge in [-0.2, -0.15) is 0 Å². The number of hydrogen-bond acceptors (Lipinski definition) is 2. The molecule has 1 atom stereocenters. The third kappa shape index (κ3) is 3.80. The van der Waals surface area contributed by atoms with Crippen molar-refractivity contribution in [1.82, 2.24) is 10.2 Å². The zero-order chi connectivity index (χ0) is 13.5. The van der Waals surface area contributed by atoms with E-state index in [0.717, 1.165) is 32.4 Å². The van der Waals surface area contributed by atoms with Gasteiger partial charge in [-0.25, -0.2) is 6.57 Å². The summed E-state index contributed by atoms with van der Waals surface area (Å²) in [5, 5.41) is 3.16. The van der Waals surface area contributed by atoms with Gasteiger partial charge in [0.2, 0.25) is 5.91 Å². The molecule has 1 aliphatic heterocycles. The van der Waals surface area contributed by atoms with E-state index in [4.69, 9.17) is 6.57 Å². The molecule has 1 fully saturated rings. The second kappa shape index (κ2) is 6.91. The Labute approximate surface area is 114 Å². The molecule has 1 aromatic rings. The average molecular weight is 257 g/mol. The van der Waals surface area contributed by atoms with Gasteiger partial charge in [-0.3, -0.25) is 14.5 Å². The maximum absolute atomic E-state index is 11.9. The lowest BCUT2D eigenvalue weighted by Crippen LogP contribution is -2.40. The van der Waals surface area contributed by atoms with Gasteiger partial charge in [0, 0.05) is 13.0 Å². The van der Waals surface area contributed by atoms with E-state index in [9.17, 15) is 4.79 Å². The molecule has 0 spiro atoms. The Bertz CT molecular complexity index is 452. The Balaban J connectivity index is 1.68. The van der Waals surface area contributed by atoms with Gasteiger partial charge in [0.05, 0.1) is 6.54 Å². The van der Waals surface area contributed by atoms with Crippen LogP contribution in [0.25, 0.3) is 4.85 Å². The van der Waals surface area contributed by atoms with Crippen LogP contribution in [-0.4, -0.2) is 36.6 Å². The van der Waals surface area contributed by atoms with Crippen molar-refractivity contribution in [2.75, 3.05) is 19.6 Å². The fourth-order valence-electron chi connectivity index (χ4n) is 2.35. The van der Waals surface area contributed by atoms with Crippen LogP contribution in [-0.2, 0) is 11.2 Å². The van der Waals surface area contributed by atoms with Crippen LogP contribution in [0.15, 0.2) is 30.3 Å². The molecule has 0 bridgehead atoms. The highest BCUT2D eigenvalue weighted by molar-refractivity contribution is 5.79. The maximum Gasteiger partial charge on any atom is 0.300 e. The lowest BCUT2D eigenvalue weighted by Gasteiger charge is -2.16. The first-order valence-corrected chi connectivity index (χ1v) is 6.72. The fourth-order valence-corrected chi connectivity index (χ4v) is 2.35. The first kappa shape index (κ1) is 13.6. The minimum Gasteiger partial charge on any atom is -0.308 e. The molecule has 1 aromatic carbocycles. The summed E-state index contributed by atoms with van der Waals surface area (Å²) in [7, 11) is 0. The van der Waals surface area contributed by atoms with Gasteiger partial charge in [0.25, 0.3) is 0 Å². The Morgan fingerprint density at radius 1 is 1.42 bits per heavy atom. The SMILES string of the molecule is [C-]#[N+][C@@H]1CCCN1C(=O)CNCCc1ccccc1. The standard InChI is InChI=1S/C15H19N3O/c1-16-14-8-5-11-18(14)15(19)12-17-10-9-13-6-3-2-4-7-13/h2-4,6-7,14,17H,5,8-12H2/t14-/m0/s1. The fraction of sp³-hybridized carbons (Fsp3) is 0.467. The smallest absolute Gasteiger partial charge is 0.300 e. The molecule has 1 N–H and O–H groups in total. The van der Waals surface area contributed by atoms with Crippen LogP contribution < -0.4 is 5.32 Å². The topological polar surface area (TPSA) is 36.7 Å². The molecule has 1 aliphatic rings. The van der Waals surface area contributed by atoms with E-state index in [1.165, 1.54) is 5.56 Å². The molecule has 0 unspecified atom stereocenters. The number of carbonyl (C=O) groups is 1. The molecule has 0 radical (unpaired) electrons. The molecule has 4 heteroatoms. The van der Waals surface area contributed by atoms with Crippen molar-refractivity contribution in [2.24, 2.45) is 0 Å². The molecule has 0 saturated carbocycles. The van der Waals surface area contributed by atoms with Gasteiger partial charge < -0.3 is 5.32 Å². The summed E-state index contributed by atoms with van der Waals surface area (Å²) in [6.45, 7) is 8.90. The summed E-state index contributed by atoms with van der Waals surface area (Å²) in [6.07, 6.45) is 2.45. The molecular formula is C15H19N3O. The number of carbonyl (C=O) groups excluding carboxylic acids is 1. The first-order chi connectivity index (χ1) is 9.31. The monoisotopic (exact) mass is 257 g/mol. The predicted octanol–water partition coefficient (Wildman–Crippen LogP) is 1.69. The summed E-state index contributed by atoms with van der Waals surface area (Å²) < 4.78 is 0. The number of rotatable bonds is 5. The zero-order valence-corrected chi connectivity index (χ0v) is 11.0. The third-order valence-electron chi connectivity index (χ3n) is 3.40. The first-order valence-electron chi connectivity index (χ1n) is 6.72. The minimum absolute atomic E-state index is 0.0477. The largest absolute Gasteiger partial charge is 0.308 e. The van der Waals surface area contributed by atoms with Gasteiger partial charge in [-0.1, -0.05) is 30.3 Å². The maximum atomic E-state index is 11.9. The molecule has 19 heavy (non-hydrogen) atoms. The molecule has 4 nitrogen and oxygen atoms in total. The van der Waals surface area contributed by atoms with Crippen LogP contribution in [0.2, 0.25) is 0 Å². The van der Waals surface area contributed by atoms with Crippen molar-refractivity contribution in [3.63, 3.8) is 0 Å². The van der Waals surface area contributed by atoms with E-state index in [-0.39, 0.29) is 12.1 Å². The van der Waals surface area contributed by atoms with Crippen LogP contribution in [0.4, 0.5) is 0 Å². The summed E-state index contributed by atoms with van der Waals surface area (Å²) in [6, 6.07) is 10.2. The zero-order valence-electron chi connectivity index (χ0n) is 11.0. The van der Waals surface area contributed by atoms with Crippen molar-refractivity contribution in [1.29, 1.82) is 0 Å². The summed E-state index contributed by atoms with van der Waals surface area (Å²) in [5.41, 5.74) is 1.27. The molecular weight excluding hydrogens is 238 g/mol. The van der Waals surface area contributed by atoms with Gasteiger partial charge in [0.15, 0.2) is 0 Å². The highest BCUT2D eigenvalue weighted by atomic mass is 16.2. The van der Waals surface area contributed by atoms with Gasteiger partial charge in [0.1, 0.15) is 0 Å². The van der Waals surface area contributed by atoms with Gasteiger partial charge in [-0.15, -0.1) is 0 Å². The van der Waals surface area contributed by atoms with E-state index in [1.807, 2.05) is 18.2 Å². The average Bonchev–Trinajstić information content (AvgIpc) is 2.93. The quantitative estimate of drug-likeness (QED) is 0.643. The van der Waals surface area contributed by atoms with E-state index >= 15 is 0 Å². The van der Waals surface area contributed by atoms with Crippen molar-refractivity contribution in [3.05, 3.63) is 47.3 Å². The molecule has 1 saturated heterocycles. The Morgan fingerprint density at radius 2 is 2.21 bits per heavy atom. The van der Waals surface area contributed by atoms with E-state index in [1.54, 1.807) is 4.90 Å². The summed E-state index contributed by atoms with van der Waals surface area (Å²) in [5.74, 6) is 0.0477. The second-order valence-corrected chi connectivity index (χ2v) is 4.75. The van der Waals surface area contributed by atoms with Crippen LogP contribution in [0, 0.1) is 6.57 Å². The van der Waals surface area contributed by atoms with Crippen LogP contribution in [0.1, 0.15) is 18.4 Å². The van der Waals surface area contributed by atoms with Crippen molar-refractivity contribution < 1.29 is 4.79 Å². The summed E-state index contributed by atoms with van der Waals surface area (Å²) in [4.78, 5) is 17.1. The lowest BCUT2D eigenvalue weighted by atomic mass is 10.1. The van der Waals surface area contributed by atoms with Crippen molar-refractivity contribution in [2.45, 2.75) is 25.4 Å². The van der Waals surface area contributed by atoms with Crippen LogP contribution >= 0.6 is 0 Å². The van der Waals surface area contributed by atoms with E-state index < -0.39 is 0 Å². The number of amides is 1. The molecule has 0 aliphatic carbocycles. The molecule has 0 aromatic heterocycles. The van der Waals surface area contributed by atoms with Crippen molar-refractivity contribution >= 4 is 5.91 Å². The highest BCUT2D eigenvalue weighted by Gasteiger charge is 2.32. The third-order valence-corrected chi connectivity index (χ3v) is 3.40. The van der Waals surface area contributed by atoms with Crippen LogP contribution in [0.5, 0.6) is 0 Å². The Hall–Kier alpha value is -1.86. The lowest BCUT2D eigenvalue weighted by molar-refractivity contribution is -0.130. The normalized spacial score (nSPS) is 18.3. The van der Waals surface area contributed by atoms with Crippen molar-refractivity contribution in [3.8, 4) is 0 Å². The molecule has 1 heterocycles. The number of nitrogens with one attached hydrogen (secondary N) is 1. The second-order valence-electron chi connectivity index (χ2n) is 4.75. The van der Waals surface area contributed by atoms with E-state index in [0.29, 0.717) is 6.54 Å². The molecule has 100 valence electrons. The predicted molar refractivity (Wildman–Crippen MR) is 74.4 cm³/mol. The number of likely N-dealkylation sites (tertiary alicyclic amines) is 1. The number of benzene rings is 1. The van der Waals surface area contributed by atoms with Gasteiger partial charge in [-0.05, 0) is 24.9 Å². The van der Waals surface area contributed by atoms with Gasteiger partial charge >= 0.3 is 6.17 Å². The molecule has 1 amide bonds. The van der Waals surface area contributed by atoms with E-state index in [2.05, 4.69) is 22.3 Å². The highest BCUT2D eigenvalue weighted by Crippen LogP contribution is 2.17. The minimum atomic E-state index is -0.233. The Kier molecular flexibility index (Phi) is 4.93. The molecule has 2 rings (SSSR count). The number of nitrogens with zero attached hydrogens (tertiary/aromatic N) is 2. The summed E-state index contributed by atoms with van der Waals surface area (Å²) >= 11 is 0. The van der Waals surface area contributed by atoms with Crippen LogP contribution in [0.3, 0.4) is 0 Å². The number of hydrogen-bond donors (Lipinski definition) is 1.